The number of aromatic nitrogens is 1. The van der Waals surface area contributed by atoms with Gasteiger partial charge in [-0.2, -0.15) is 5.26 Å². The molecule has 1 aliphatic heterocycles. The van der Waals surface area contributed by atoms with Gasteiger partial charge in [-0.15, -0.1) is 0 Å². The number of halogens is 4. The molecule has 2 heterocycles. The highest BCUT2D eigenvalue weighted by atomic mass is 35.5. The van der Waals surface area contributed by atoms with Crippen molar-refractivity contribution >= 4 is 23.2 Å². The Morgan fingerprint density at radius 3 is 2.54 bits per heavy atom. The van der Waals surface area contributed by atoms with E-state index in [-0.39, 0.29) is 18.8 Å². The highest BCUT2D eigenvalue weighted by Crippen LogP contribution is 2.45. The van der Waals surface area contributed by atoms with Crippen molar-refractivity contribution in [3.63, 3.8) is 0 Å². The molecule has 3 aromatic carbocycles. The van der Waals surface area contributed by atoms with Crippen molar-refractivity contribution in [2.24, 2.45) is 0 Å². The lowest BCUT2D eigenvalue weighted by molar-refractivity contribution is 0.143. The predicted molar refractivity (Wildman–Crippen MR) is 208 cm³/mol. The van der Waals surface area contributed by atoms with Crippen LogP contribution in [0.15, 0.2) is 67.0 Å². The summed E-state index contributed by atoms with van der Waals surface area (Å²) in [5.74, 6) is 1.70. The van der Waals surface area contributed by atoms with E-state index < -0.39 is 12.3 Å². The first-order valence-corrected chi connectivity index (χ1v) is 19.8. The van der Waals surface area contributed by atoms with Gasteiger partial charge in [0.05, 0.1) is 22.2 Å². The fraction of sp³-hybridized carbons (Fsp3) is 0.442. The average molecular weight is 776 g/mol. The largest absolute Gasteiger partial charge is 0.492 e. The number of rotatable bonds is 14. The van der Waals surface area contributed by atoms with Gasteiger partial charge in [0.15, 0.2) is 0 Å². The van der Waals surface area contributed by atoms with Crippen LogP contribution < -0.4 is 19.5 Å². The van der Waals surface area contributed by atoms with Crippen LogP contribution in [0.3, 0.4) is 0 Å². The van der Waals surface area contributed by atoms with E-state index in [1.807, 2.05) is 36.4 Å². The van der Waals surface area contributed by atoms with Gasteiger partial charge >= 0.3 is 0 Å². The molecule has 284 valence electrons. The molecule has 11 heteroatoms. The minimum absolute atomic E-state index is 0.185. The van der Waals surface area contributed by atoms with E-state index in [0.29, 0.717) is 65.3 Å². The minimum atomic E-state index is -0.888. The first-order chi connectivity index (χ1) is 26.4. The molecule has 0 radical (unpaired) electrons. The monoisotopic (exact) mass is 774 g/mol. The number of ether oxygens (including phenoxy) is 3. The molecule has 2 aliphatic carbocycles. The number of fused-ring (bicyclic) bond motifs is 1. The van der Waals surface area contributed by atoms with Gasteiger partial charge in [0.1, 0.15) is 48.4 Å². The topological polar surface area (TPSA) is 79.6 Å². The Bertz CT molecular complexity index is 1950. The molecule has 2 fully saturated rings. The maximum atomic E-state index is 14.7. The Hall–Kier alpha value is -3.94. The quantitative estimate of drug-likeness (QED) is 0.128. The van der Waals surface area contributed by atoms with Gasteiger partial charge in [0.2, 0.25) is 0 Å². The van der Waals surface area contributed by atoms with Crippen molar-refractivity contribution in [1.29, 1.82) is 5.26 Å². The zero-order valence-electron chi connectivity index (χ0n) is 30.3. The van der Waals surface area contributed by atoms with E-state index >= 15 is 0 Å². The van der Waals surface area contributed by atoms with Crippen molar-refractivity contribution in [1.82, 2.24) is 15.2 Å². The zero-order chi connectivity index (χ0) is 37.4. The van der Waals surface area contributed by atoms with Crippen LogP contribution in [-0.4, -0.2) is 54.5 Å². The summed E-state index contributed by atoms with van der Waals surface area (Å²) < 4.78 is 47.4. The zero-order valence-corrected chi connectivity index (χ0v) is 31.9. The third kappa shape index (κ3) is 9.29. The average Bonchev–Trinajstić information content (AvgIpc) is 3.60. The van der Waals surface area contributed by atoms with Crippen LogP contribution in [0.1, 0.15) is 85.3 Å². The number of nitrogens with zero attached hydrogens (tertiary/aromatic N) is 3. The SMILES string of the molecule is N#Cc1cncc(COc2cc(O[C@H]3CCc4c(-c5cccc(OCCCN6CCC(F)CC6)c5Cl)cccc43)c(Cl)cc2CN[C@@H]2CCCC[C@H]2F)c1. The summed E-state index contributed by atoms with van der Waals surface area (Å²) >= 11 is 13.9. The molecular formula is C43H46Cl2F2N4O3. The van der Waals surface area contributed by atoms with Crippen LogP contribution in [-0.2, 0) is 19.6 Å². The number of alkyl halides is 2. The van der Waals surface area contributed by atoms with Gasteiger partial charge in [-0.3, -0.25) is 4.98 Å². The van der Waals surface area contributed by atoms with Gasteiger partial charge in [0, 0.05) is 67.4 Å². The Labute approximate surface area is 326 Å². The number of likely N-dealkylation sites (tertiary alicyclic amines) is 1. The summed E-state index contributed by atoms with van der Waals surface area (Å²) in [6.45, 7) is 3.57. The van der Waals surface area contributed by atoms with E-state index in [9.17, 15) is 14.0 Å². The maximum absolute atomic E-state index is 14.7. The molecule has 3 atom stereocenters. The van der Waals surface area contributed by atoms with E-state index in [4.69, 9.17) is 37.4 Å². The molecule has 7 nitrogen and oxygen atoms in total. The van der Waals surface area contributed by atoms with Gasteiger partial charge in [-0.1, -0.05) is 66.4 Å². The number of pyridine rings is 1. The fourth-order valence-electron chi connectivity index (χ4n) is 7.85. The Morgan fingerprint density at radius 1 is 0.889 bits per heavy atom. The fourth-order valence-corrected chi connectivity index (χ4v) is 8.37. The molecular weight excluding hydrogens is 729 g/mol. The Morgan fingerprint density at radius 2 is 1.70 bits per heavy atom. The minimum Gasteiger partial charge on any atom is -0.492 e. The van der Waals surface area contributed by atoms with Crippen molar-refractivity contribution in [3.8, 4) is 34.4 Å². The third-order valence-electron chi connectivity index (χ3n) is 10.8. The highest BCUT2D eigenvalue weighted by molar-refractivity contribution is 6.35. The lowest BCUT2D eigenvalue weighted by atomic mass is 9.93. The molecule has 1 aromatic heterocycles. The van der Waals surface area contributed by atoms with Crippen LogP contribution in [0.5, 0.6) is 17.2 Å². The molecule has 0 unspecified atom stereocenters. The van der Waals surface area contributed by atoms with Crippen LogP contribution in [0.2, 0.25) is 10.0 Å². The van der Waals surface area contributed by atoms with Gasteiger partial charge in [-0.05, 0) is 79.8 Å². The van der Waals surface area contributed by atoms with E-state index in [0.717, 1.165) is 86.0 Å². The molecule has 3 aliphatic rings. The molecule has 0 amide bonds. The van der Waals surface area contributed by atoms with Gasteiger partial charge < -0.3 is 24.4 Å². The number of hydrogen-bond acceptors (Lipinski definition) is 7. The number of piperidine rings is 1. The highest BCUT2D eigenvalue weighted by Gasteiger charge is 2.29. The lowest BCUT2D eigenvalue weighted by Crippen LogP contribution is -2.39. The normalized spacial score (nSPS) is 20.3. The number of benzene rings is 3. The summed E-state index contributed by atoms with van der Waals surface area (Å²) in [5.41, 5.74) is 6.19. The first-order valence-electron chi connectivity index (χ1n) is 19.1. The van der Waals surface area contributed by atoms with Crippen LogP contribution in [0.25, 0.3) is 11.1 Å². The van der Waals surface area contributed by atoms with Crippen molar-refractivity contribution in [3.05, 3.63) is 105 Å². The summed E-state index contributed by atoms with van der Waals surface area (Å²) in [5, 5.41) is 13.8. The van der Waals surface area contributed by atoms with Crippen LogP contribution in [0.4, 0.5) is 8.78 Å². The van der Waals surface area contributed by atoms with E-state index in [1.165, 1.54) is 11.8 Å². The number of nitrogens with one attached hydrogen (secondary N) is 1. The van der Waals surface area contributed by atoms with Crippen molar-refractivity contribution < 1.29 is 23.0 Å². The number of hydrogen-bond donors (Lipinski definition) is 1. The van der Waals surface area contributed by atoms with Gasteiger partial charge in [0.25, 0.3) is 0 Å². The van der Waals surface area contributed by atoms with Crippen LogP contribution in [0, 0.1) is 11.3 Å². The molecule has 1 N–H and O–H groups in total. The second kappa shape index (κ2) is 18.1. The molecule has 7 rings (SSSR count). The molecule has 0 spiro atoms. The summed E-state index contributed by atoms with van der Waals surface area (Å²) in [6, 6.07) is 19.4. The Balaban J connectivity index is 1.07. The molecule has 1 saturated heterocycles. The van der Waals surface area contributed by atoms with Crippen molar-refractivity contribution in [2.75, 3.05) is 26.2 Å². The molecule has 0 bridgehead atoms. The van der Waals surface area contributed by atoms with E-state index in [1.54, 1.807) is 12.3 Å². The summed E-state index contributed by atoms with van der Waals surface area (Å²) in [4.78, 5) is 6.46. The first kappa shape index (κ1) is 38.3. The summed E-state index contributed by atoms with van der Waals surface area (Å²) in [7, 11) is 0. The lowest BCUT2D eigenvalue weighted by Gasteiger charge is -2.28. The maximum Gasteiger partial charge on any atom is 0.142 e. The molecule has 4 aromatic rings. The smallest absolute Gasteiger partial charge is 0.142 e. The van der Waals surface area contributed by atoms with Crippen molar-refractivity contribution in [2.45, 2.75) is 95.4 Å². The predicted octanol–water partition coefficient (Wildman–Crippen LogP) is 10.1. The second-order valence-electron chi connectivity index (χ2n) is 14.5. The van der Waals surface area contributed by atoms with Gasteiger partial charge in [-0.25, -0.2) is 8.78 Å². The van der Waals surface area contributed by atoms with Crippen LogP contribution >= 0.6 is 23.2 Å². The molecule has 1 saturated carbocycles. The Kier molecular flexibility index (Phi) is 12.9. The van der Waals surface area contributed by atoms with E-state index in [2.05, 4.69) is 33.4 Å². The summed E-state index contributed by atoms with van der Waals surface area (Å²) in [6.07, 6.45) is 8.23. The second-order valence-corrected chi connectivity index (χ2v) is 15.3. The number of nitriles is 1. The third-order valence-corrected chi connectivity index (χ3v) is 11.5. The molecule has 54 heavy (non-hydrogen) atoms. The standard InChI is InChI=1S/C43H46Cl2F2N4O3/c44-36-21-30(26-50-38-10-2-1-9-37(38)47)41(53-27-29-20-28(23-48)24-49-25-29)22-42(36)54-39-13-12-33-32(6-3-7-34(33)39)35-8-4-11-40(43(35)45)52-19-5-16-51-17-14-31(46)15-18-51/h3-4,6-8,11,20-22,24-25,31,37-39,50H,1-2,5,9-10,12-19,26-27H2/t37-,38-,39+/m1/s1.